The topological polar surface area (TPSA) is 61.0 Å². The second kappa shape index (κ2) is 6.88. The fraction of sp³-hybridized carbons (Fsp3) is 0.385. The molecule has 2 N–H and O–H groups in total. The largest absolute Gasteiger partial charge is 0.496 e. The van der Waals surface area contributed by atoms with Crippen molar-refractivity contribution in [3.8, 4) is 5.75 Å². The standard InChI is InChI=1S/C13H17N3OS2/c1-3-12-15-13(19-16-12)18-8-10(14)9-6-4-5-7-11(9)17-2/h4-7,10H,3,8,14H2,1-2H3. The van der Waals surface area contributed by atoms with Gasteiger partial charge in [-0.25, -0.2) is 4.98 Å². The summed E-state index contributed by atoms with van der Waals surface area (Å²) in [6.45, 7) is 2.05. The molecular weight excluding hydrogens is 278 g/mol. The van der Waals surface area contributed by atoms with Crippen LogP contribution in [0.15, 0.2) is 28.6 Å². The number of nitrogens with two attached hydrogens (primary N) is 1. The number of nitrogens with zero attached hydrogens (tertiary/aromatic N) is 2. The van der Waals surface area contributed by atoms with Crippen molar-refractivity contribution >= 4 is 23.3 Å². The normalized spacial score (nSPS) is 12.4. The number of aryl methyl sites for hydroxylation is 1. The number of para-hydroxylation sites is 1. The first-order chi connectivity index (χ1) is 9.24. The summed E-state index contributed by atoms with van der Waals surface area (Å²) in [4.78, 5) is 4.42. The number of rotatable bonds is 6. The Morgan fingerprint density at radius 3 is 2.89 bits per heavy atom. The van der Waals surface area contributed by atoms with Gasteiger partial charge in [-0.1, -0.05) is 36.9 Å². The Bertz CT molecular complexity index is 530. The highest BCUT2D eigenvalue weighted by Gasteiger charge is 2.13. The highest BCUT2D eigenvalue weighted by molar-refractivity contribution is 8.00. The van der Waals surface area contributed by atoms with E-state index in [4.69, 9.17) is 10.5 Å². The molecule has 0 saturated carbocycles. The zero-order chi connectivity index (χ0) is 13.7. The molecule has 2 aromatic rings. The number of aromatic nitrogens is 2. The van der Waals surface area contributed by atoms with Gasteiger partial charge < -0.3 is 10.5 Å². The zero-order valence-electron chi connectivity index (χ0n) is 11.0. The fourth-order valence-electron chi connectivity index (χ4n) is 1.66. The molecule has 0 amide bonds. The number of benzene rings is 1. The summed E-state index contributed by atoms with van der Waals surface area (Å²) in [7, 11) is 1.66. The minimum absolute atomic E-state index is 0.0740. The summed E-state index contributed by atoms with van der Waals surface area (Å²) in [5.41, 5.74) is 7.24. The van der Waals surface area contributed by atoms with E-state index in [1.807, 2.05) is 24.3 Å². The molecule has 0 bridgehead atoms. The van der Waals surface area contributed by atoms with Gasteiger partial charge in [-0.2, -0.15) is 4.37 Å². The number of hydrogen-bond acceptors (Lipinski definition) is 6. The SMILES string of the molecule is CCc1nsc(SCC(N)c2ccccc2OC)n1. The van der Waals surface area contributed by atoms with E-state index in [2.05, 4.69) is 16.3 Å². The fourth-order valence-corrected chi connectivity index (χ4v) is 3.36. The van der Waals surface area contributed by atoms with Gasteiger partial charge in [0.05, 0.1) is 7.11 Å². The van der Waals surface area contributed by atoms with Crippen molar-refractivity contribution in [3.63, 3.8) is 0 Å². The first-order valence-corrected chi connectivity index (χ1v) is 7.84. The highest BCUT2D eigenvalue weighted by atomic mass is 32.2. The Kier molecular flexibility index (Phi) is 5.18. The van der Waals surface area contributed by atoms with Gasteiger partial charge in [-0.3, -0.25) is 0 Å². The molecule has 19 heavy (non-hydrogen) atoms. The quantitative estimate of drug-likeness (QED) is 0.830. The molecule has 0 spiro atoms. The second-order valence-electron chi connectivity index (χ2n) is 3.99. The molecule has 1 unspecified atom stereocenters. The van der Waals surface area contributed by atoms with E-state index in [1.54, 1.807) is 18.9 Å². The van der Waals surface area contributed by atoms with Crippen LogP contribution >= 0.6 is 23.3 Å². The molecule has 1 heterocycles. The smallest absolute Gasteiger partial charge is 0.170 e. The molecule has 0 aliphatic carbocycles. The molecule has 2 rings (SSSR count). The van der Waals surface area contributed by atoms with E-state index in [0.717, 1.165) is 33.7 Å². The summed E-state index contributed by atoms with van der Waals surface area (Å²) in [6, 6.07) is 7.78. The molecule has 0 aliphatic rings. The zero-order valence-corrected chi connectivity index (χ0v) is 12.6. The second-order valence-corrected chi connectivity index (χ2v) is 6.01. The molecule has 0 aliphatic heterocycles. The molecular formula is C13H17N3OS2. The molecule has 4 nitrogen and oxygen atoms in total. The van der Waals surface area contributed by atoms with Crippen molar-refractivity contribution in [1.29, 1.82) is 0 Å². The Morgan fingerprint density at radius 1 is 1.42 bits per heavy atom. The molecule has 1 aromatic heterocycles. The average Bonchev–Trinajstić information content (AvgIpc) is 2.92. The molecule has 1 aromatic carbocycles. The van der Waals surface area contributed by atoms with E-state index in [0.29, 0.717) is 0 Å². The van der Waals surface area contributed by atoms with Crippen molar-refractivity contribution in [3.05, 3.63) is 35.7 Å². The number of ether oxygens (including phenoxy) is 1. The van der Waals surface area contributed by atoms with Gasteiger partial charge >= 0.3 is 0 Å². The van der Waals surface area contributed by atoms with Crippen LogP contribution in [0.25, 0.3) is 0 Å². The molecule has 0 radical (unpaired) electrons. The van der Waals surface area contributed by atoms with Crippen LogP contribution in [0.2, 0.25) is 0 Å². The monoisotopic (exact) mass is 295 g/mol. The minimum atomic E-state index is -0.0740. The van der Waals surface area contributed by atoms with Crippen LogP contribution in [-0.2, 0) is 6.42 Å². The Hall–Kier alpha value is -1.11. The van der Waals surface area contributed by atoms with Gasteiger partial charge in [-0.05, 0) is 17.6 Å². The van der Waals surface area contributed by atoms with Crippen LogP contribution in [0.4, 0.5) is 0 Å². The maximum absolute atomic E-state index is 6.21. The predicted octanol–water partition coefficient (Wildman–Crippen LogP) is 2.90. The third-order valence-electron chi connectivity index (χ3n) is 2.69. The summed E-state index contributed by atoms with van der Waals surface area (Å²) in [5.74, 6) is 2.50. The van der Waals surface area contributed by atoms with E-state index >= 15 is 0 Å². The third kappa shape index (κ3) is 3.68. The van der Waals surface area contributed by atoms with Gasteiger partial charge in [-0.15, -0.1) is 0 Å². The average molecular weight is 295 g/mol. The molecule has 0 fully saturated rings. The van der Waals surface area contributed by atoms with Crippen molar-refractivity contribution in [2.45, 2.75) is 23.7 Å². The molecule has 6 heteroatoms. The lowest BCUT2D eigenvalue weighted by atomic mass is 10.1. The van der Waals surface area contributed by atoms with Crippen LogP contribution < -0.4 is 10.5 Å². The van der Waals surface area contributed by atoms with Crippen LogP contribution in [-0.4, -0.2) is 22.2 Å². The van der Waals surface area contributed by atoms with E-state index < -0.39 is 0 Å². The summed E-state index contributed by atoms with van der Waals surface area (Å²) in [6.07, 6.45) is 0.871. The van der Waals surface area contributed by atoms with Crippen molar-refractivity contribution < 1.29 is 4.74 Å². The van der Waals surface area contributed by atoms with Crippen LogP contribution in [0, 0.1) is 0 Å². The number of thioether (sulfide) groups is 1. The first-order valence-electron chi connectivity index (χ1n) is 6.08. The van der Waals surface area contributed by atoms with Crippen LogP contribution in [0.1, 0.15) is 24.4 Å². The van der Waals surface area contributed by atoms with Crippen LogP contribution in [0.5, 0.6) is 5.75 Å². The maximum Gasteiger partial charge on any atom is 0.170 e. The number of hydrogen-bond donors (Lipinski definition) is 1. The lowest BCUT2D eigenvalue weighted by molar-refractivity contribution is 0.407. The summed E-state index contributed by atoms with van der Waals surface area (Å²) >= 11 is 3.08. The van der Waals surface area contributed by atoms with Gasteiger partial charge in [0.25, 0.3) is 0 Å². The van der Waals surface area contributed by atoms with E-state index in [9.17, 15) is 0 Å². The molecule has 102 valence electrons. The Labute approximate surface area is 121 Å². The van der Waals surface area contributed by atoms with Gasteiger partial charge in [0.1, 0.15) is 11.6 Å². The van der Waals surface area contributed by atoms with Crippen molar-refractivity contribution in [2.24, 2.45) is 5.73 Å². The van der Waals surface area contributed by atoms with Crippen LogP contribution in [0.3, 0.4) is 0 Å². The molecule has 0 saturated heterocycles. The lowest BCUT2D eigenvalue weighted by Gasteiger charge is -2.14. The van der Waals surface area contributed by atoms with Gasteiger partial charge in [0, 0.05) is 23.8 Å². The minimum Gasteiger partial charge on any atom is -0.496 e. The first kappa shape index (κ1) is 14.3. The van der Waals surface area contributed by atoms with Gasteiger partial charge in [0.15, 0.2) is 4.34 Å². The Morgan fingerprint density at radius 2 is 2.21 bits per heavy atom. The Balaban J connectivity index is 1.98. The highest BCUT2D eigenvalue weighted by Crippen LogP contribution is 2.29. The third-order valence-corrected chi connectivity index (χ3v) is 4.68. The summed E-state index contributed by atoms with van der Waals surface area (Å²) < 4.78 is 10.6. The van der Waals surface area contributed by atoms with E-state index in [-0.39, 0.29) is 6.04 Å². The maximum atomic E-state index is 6.21. The van der Waals surface area contributed by atoms with Gasteiger partial charge in [0.2, 0.25) is 0 Å². The van der Waals surface area contributed by atoms with Crippen molar-refractivity contribution in [1.82, 2.24) is 9.36 Å². The number of methoxy groups -OCH3 is 1. The predicted molar refractivity (Wildman–Crippen MR) is 79.9 cm³/mol. The lowest BCUT2D eigenvalue weighted by Crippen LogP contribution is -2.14. The summed E-state index contributed by atoms with van der Waals surface area (Å²) in [5, 5.41) is 0. The van der Waals surface area contributed by atoms with E-state index in [1.165, 1.54) is 11.5 Å². The molecule has 1 atom stereocenters. The van der Waals surface area contributed by atoms with Crippen molar-refractivity contribution in [2.75, 3.05) is 12.9 Å².